The maximum atomic E-state index is 12.1. The van der Waals surface area contributed by atoms with Crippen molar-refractivity contribution in [1.82, 2.24) is 10.6 Å². The quantitative estimate of drug-likeness (QED) is 0.791. The number of hydrogen-bond donors (Lipinski definition) is 2. The minimum absolute atomic E-state index is 0.214. The summed E-state index contributed by atoms with van der Waals surface area (Å²) in [6.07, 6.45) is 3.34. The number of nitrogens with one attached hydrogen (secondary N) is 2. The SMILES string of the molecule is CC(C)C1OCCC1CNC(=O)C1CCNCC1. The van der Waals surface area contributed by atoms with E-state index in [2.05, 4.69) is 24.5 Å². The second-order valence-corrected chi connectivity index (χ2v) is 5.90. The molecule has 0 aliphatic carbocycles. The first-order valence-corrected chi connectivity index (χ1v) is 7.28. The average molecular weight is 254 g/mol. The molecule has 2 aliphatic heterocycles. The molecule has 0 saturated carbocycles. The number of amides is 1. The second-order valence-electron chi connectivity index (χ2n) is 5.90. The maximum Gasteiger partial charge on any atom is 0.223 e. The third-order valence-corrected chi connectivity index (χ3v) is 4.17. The van der Waals surface area contributed by atoms with Crippen molar-refractivity contribution < 1.29 is 9.53 Å². The lowest BCUT2D eigenvalue weighted by atomic mass is 9.92. The molecule has 2 rings (SSSR count). The average Bonchev–Trinajstić information content (AvgIpc) is 2.85. The summed E-state index contributed by atoms with van der Waals surface area (Å²) in [5.74, 6) is 1.49. The summed E-state index contributed by atoms with van der Waals surface area (Å²) in [5.41, 5.74) is 0. The number of carbonyl (C=O) groups excluding carboxylic acids is 1. The number of carbonyl (C=O) groups is 1. The molecule has 0 aromatic heterocycles. The Hall–Kier alpha value is -0.610. The van der Waals surface area contributed by atoms with Gasteiger partial charge in [-0.05, 0) is 38.3 Å². The molecule has 0 aromatic carbocycles. The Morgan fingerprint density at radius 3 is 2.72 bits per heavy atom. The molecular formula is C14H26N2O2. The predicted octanol–water partition coefficient (Wildman–Crippen LogP) is 1.16. The van der Waals surface area contributed by atoms with Crippen molar-refractivity contribution >= 4 is 5.91 Å². The highest BCUT2D eigenvalue weighted by atomic mass is 16.5. The number of hydrogen-bond acceptors (Lipinski definition) is 3. The predicted molar refractivity (Wildman–Crippen MR) is 71.3 cm³/mol. The Balaban J connectivity index is 1.74. The number of ether oxygens (including phenoxy) is 1. The van der Waals surface area contributed by atoms with Crippen molar-refractivity contribution in [2.45, 2.75) is 39.2 Å². The van der Waals surface area contributed by atoms with E-state index in [1.54, 1.807) is 0 Å². The highest BCUT2D eigenvalue weighted by molar-refractivity contribution is 5.78. The van der Waals surface area contributed by atoms with Gasteiger partial charge in [-0.2, -0.15) is 0 Å². The molecule has 0 aromatic rings. The molecule has 104 valence electrons. The zero-order chi connectivity index (χ0) is 13.0. The maximum absolute atomic E-state index is 12.1. The lowest BCUT2D eigenvalue weighted by Gasteiger charge is -2.25. The van der Waals surface area contributed by atoms with Gasteiger partial charge in [0.1, 0.15) is 0 Å². The van der Waals surface area contributed by atoms with Gasteiger partial charge in [-0.25, -0.2) is 0 Å². The van der Waals surface area contributed by atoms with Crippen LogP contribution in [0.15, 0.2) is 0 Å². The first kappa shape index (κ1) is 13.8. The van der Waals surface area contributed by atoms with E-state index in [-0.39, 0.29) is 11.8 Å². The van der Waals surface area contributed by atoms with E-state index < -0.39 is 0 Å². The van der Waals surface area contributed by atoms with Gasteiger partial charge in [0.15, 0.2) is 0 Å². The molecule has 0 bridgehead atoms. The van der Waals surface area contributed by atoms with Crippen molar-refractivity contribution in [1.29, 1.82) is 0 Å². The molecule has 2 saturated heterocycles. The van der Waals surface area contributed by atoms with Crippen LogP contribution in [0.1, 0.15) is 33.1 Å². The summed E-state index contributed by atoms with van der Waals surface area (Å²) >= 11 is 0. The van der Waals surface area contributed by atoms with E-state index in [1.165, 1.54) is 0 Å². The molecule has 4 heteroatoms. The highest BCUT2D eigenvalue weighted by Crippen LogP contribution is 2.26. The lowest BCUT2D eigenvalue weighted by molar-refractivity contribution is -0.126. The van der Waals surface area contributed by atoms with Crippen LogP contribution in [0, 0.1) is 17.8 Å². The second kappa shape index (κ2) is 6.53. The third-order valence-electron chi connectivity index (χ3n) is 4.17. The van der Waals surface area contributed by atoms with Gasteiger partial charge in [0.2, 0.25) is 5.91 Å². The fourth-order valence-electron chi connectivity index (χ4n) is 3.07. The van der Waals surface area contributed by atoms with Gasteiger partial charge < -0.3 is 15.4 Å². The van der Waals surface area contributed by atoms with Gasteiger partial charge in [-0.1, -0.05) is 13.8 Å². The minimum Gasteiger partial charge on any atom is -0.378 e. The topological polar surface area (TPSA) is 50.4 Å². The van der Waals surface area contributed by atoms with Crippen LogP contribution in [-0.4, -0.2) is 38.3 Å². The van der Waals surface area contributed by atoms with Crippen LogP contribution in [-0.2, 0) is 9.53 Å². The molecule has 2 atom stereocenters. The van der Waals surface area contributed by atoms with Gasteiger partial charge >= 0.3 is 0 Å². The number of rotatable bonds is 4. The normalized spacial score (nSPS) is 29.7. The Bertz CT molecular complexity index is 275. The molecular weight excluding hydrogens is 228 g/mol. The van der Waals surface area contributed by atoms with E-state index in [0.717, 1.165) is 45.5 Å². The van der Waals surface area contributed by atoms with Crippen LogP contribution in [0.5, 0.6) is 0 Å². The summed E-state index contributed by atoms with van der Waals surface area (Å²) in [6, 6.07) is 0. The molecule has 2 fully saturated rings. The van der Waals surface area contributed by atoms with Gasteiger partial charge in [-0.15, -0.1) is 0 Å². The van der Waals surface area contributed by atoms with Crippen LogP contribution in [0.2, 0.25) is 0 Å². The zero-order valence-corrected chi connectivity index (χ0v) is 11.6. The van der Waals surface area contributed by atoms with Crippen molar-refractivity contribution in [3.05, 3.63) is 0 Å². The largest absolute Gasteiger partial charge is 0.378 e. The molecule has 2 aliphatic rings. The minimum atomic E-state index is 0.214. The highest BCUT2D eigenvalue weighted by Gasteiger charge is 2.31. The molecule has 1 amide bonds. The Kier molecular flexibility index (Phi) is 5.01. The van der Waals surface area contributed by atoms with E-state index in [0.29, 0.717) is 17.9 Å². The molecule has 18 heavy (non-hydrogen) atoms. The van der Waals surface area contributed by atoms with Gasteiger partial charge in [0, 0.05) is 25.0 Å². The summed E-state index contributed by atoms with van der Waals surface area (Å²) < 4.78 is 5.74. The lowest BCUT2D eigenvalue weighted by Crippen LogP contribution is -2.41. The molecule has 2 heterocycles. The van der Waals surface area contributed by atoms with E-state index in [4.69, 9.17) is 4.74 Å². The van der Waals surface area contributed by atoms with Gasteiger partial charge in [-0.3, -0.25) is 4.79 Å². The van der Waals surface area contributed by atoms with Crippen LogP contribution in [0.3, 0.4) is 0 Å². The van der Waals surface area contributed by atoms with Crippen molar-refractivity contribution in [2.75, 3.05) is 26.2 Å². The van der Waals surface area contributed by atoms with Crippen molar-refractivity contribution in [3.8, 4) is 0 Å². The molecule has 4 nitrogen and oxygen atoms in total. The summed E-state index contributed by atoms with van der Waals surface area (Å²) in [7, 11) is 0. The molecule has 0 radical (unpaired) electrons. The fourth-order valence-corrected chi connectivity index (χ4v) is 3.07. The van der Waals surface area contributed by atoms with Crippen molar-refractivity contribution in [2.24, 2.45) is 17.8 Å². The Morgan fingerprint density at radius 1 is 1.33 bits per heavy atom. The van der Waals surface area contributed by atoms with E-state index in [1.807, 2.05) is 0 Å². The van der Waals surface area contributed by atoms with E-state index >= 15 is 0 Å². The van der Waals surface area contributed by atoms with Crippen LogP contribution in [0.4, 0.5) is 0 Å². The molecule has 2 N–H and O–H groups in total. The molecule has 2 unspecified atom stereocenters. The monoisotopic (exact) mass is 254 g/mol. The van der Waals surface area contributed by atoms with Crippen molar-refractivity contribution in [3.63, 3.8) is 0 Å². The van der Waals surface area contributed by atoms with Crippen LogP contribution >= 0.6 is 0 Å². The summed E-state index contributed by atoms with van der Waals surface area (Å²) in [4.78, 5) is 12.1. The van der Waals surface area contributed by atoms with Crippen LogP contribution in [0.25, 0.3) is 0 Å². The Morgan fingerprint density at radius 2 is 2.06 bits per heavy atom. The summed E-state index contributed by atoms with van der Waals surface area (Å²) in [5, 5.41) is 6.42. The molecule has 0 spiro atoms. The zero-order valence-electron chi connectivity index (χ0n) is 11.6. The first-order valence-electron chi connectivity index (χ1n) is 7.28. The standard InChI is InChI=1S/C14H26N2O2/c1-10(2)13-12(5-8-18-13)9-16-14(17)11-3-6-15-7-4-11/h10-13,15H,3-9H2,1-2H3,(H,16,17). The Labute approximate surface area is 110 Å². The van der Waals surface area contributed by atoms with Gasteiger partial charge in [0.25, 0.3) is 0 Å². The third kappa shape index (κ3) is 3.45. The fraction of sp³-hybridized carbons (Fsp3) is 0.929. The van der Waals surface area contributed by atoms with Gasteiger partial charge in [0.05, 0.1) is 6.10 Å². The number of piperidine rings is 1. The van der Waals surface area contributed by atoms with E-state index in [9.17, 15) is 4.79 Å². The van der Waals surface area contributed by atoms with Crippen LogP contribution < -0.4 is 10.6 Å². The smallest absolute Gasteiger partial charge is 0.223 e. The first-order chi connectivity index (χ1) is 8.68. The summed E-state index contributed by atoms with van der Waals surface area (Å²) in [6.45, 7) is 7.95.